The highest BCUT2D eigenvalue weighted by atomic mass is 79.9. The lowest BCUT2D eigenvalue weighted by atomic mass is 9.43. The first-order valence-electron chi connectivity index (χ1n) is 11.8. The lowest BCUT2D eigenvalue weighted by Crippen LogP contribution is -2.63. The standard InChI is InChI=1S/C27H32BrCl2NO2/c1-25-9-18-10-26(2,14-25)16-27(11-18,15-25)31-12-19-20(28)5-7-23(32-3)24(19)33-13-17-4-6-21(29)22(30)8-17/h4-8,18,31H,9-16H2,1-3H3. The zero-order valence-corrected chi connectivity index (χ0v) is 22.7. The highest BCUT2D eigenvalue weighted by Crippen LogP contribution is 2.66. The van der Waals surface area contributed by atoms with Gasteiger partial charge in [0, 0.05) is 22.1 Å². The largest absolute Gasteiger partial charge is 0.493 e. The zero-order chi connectivity index (χ0) is 23.4. The topological polar surface area (TPSA) is 30.5 Å². The van der Waals surface area contributed by atoms with Crippen LogP contribution in [0.15, 0.2) is 34.8 Å². The van der Waals surface area contributed by atoms with Crippen molar-refractivity contribution in [2.75, 3.05) is 7.11 Å². The number of hydrogen-bond donors (Lipinski definition) is 1. The van der Waals surface area contributed by atoms with Crippen molar-refractivity contribution in [1.29, 1.82) is 0 Å². The average molecular weight is 553 g/mol. The van der Waals surface area contributed by atoms with E-state index in [4.69, 9.17) is 32.7 Å². The molecule has 1 N–H and O–H groups in total. The van der Waals surface area contributed by atoms with Crippen LogP contribution in [0.3, 0.4) is 0 Å². The number of halogens is 3. The predicted octanol–water partition coefficient (Wildman–Crippen LogP) is 8.18. The lowest BCUT2D eigenvalue weighted by Gasteiger charge is -2.65. The first-order valence-corrected chi connectivity index (χ1v) is 13.3. The van der Waals surface area contributed by atoms with E-state index in [-0.39, 0.29) is 5.54 Å². The molecule has 2 aromatic rings. The number of benzene rings is 2. The maximum atomic E-state index is 6.34. The maximum absolute atomic E-state index is 6.34. The average Bonchev–Trinajstić information content (AvgIpc) is 2.71. The van der Waals surface area contributed by atoms with Crippen LogP contribution in [0.4, 0.5) is 0 Å². The van der Waals surface area contributed by atoms with E-state index in [0.717, 1.165) is 39.6 Å². The molecule has 0 heterocycles. The van der Waals surface area contributed by atoms with E-state index in [9.17, 15) is 0 Å². The van der Waals surface area contributed by atoms with Crippen LogP contribution in [-0.4, -0.2) is 12.6 Å². The van der Waals surface area contributed by atoms with Gasteiger partial charge in [-0.1, -0.05) is 59.0 Å². The van der Waals surface area contributed by atoms with Gasteiger partial charge in [0.1, 0.15) is 6.61 Å². The molecule has 0 aromatic heterocycles. The Balaban J connectivity index is 1.38. The van der Waals surface area contributed by atoms with Gasteiger partial charge >= 0.3 is 0 Å². The summed E-state index contributed by atoms with van der Waals surface area (Å²) in [6, 6.07) is 9.59. The van der Waals surface area contributed by atoms with E-state index in [2.05, 4.69) is 35.1 Å². The van der Waals surface area contributed by atoms with E-state index in [1.54, 1.807) is 13.2 Å². The van der Waals surface area contributed by atoms with Crippen molar-refractivity contribution < 1.29 is 9.47 Å². The van der Waals surface area contributed by atoms with E-state index in [1.165, 1.54) is 38.5 Å². The highest BCUT2D eigenvalue weighted by Gasteiger charge is 2.59. The fourth-order valence-electron chi connectivity index (χ4n) is 7.77. The van der Waals surface area contributed by atoms with Gasteiger partial charge in [0.25, 0.3) is 0 Å². The van der Waals surface area contributed by atoms with Crippen LogP contribution in [0, 0.1) is 16.7 Å². The number of nitrogens with one attached hydrogen (secondary N) is 1. The molecule has 0 amide bonds. The Hall–Kier alpha value is -0.940. The molecule has 3 nitrogen and oxygen atoms in total. The summed E-state index contributed by atoms with van der Waals surface area (Å²) in [6.07, 6.45) is 8.00. The van der Waals surface area contributed by atoms with Gasteiger partial charge in [0.05, 0.1) is 17.2 Å². The minimum atomic E-state index is 0.215. The fraction of sp³-hybridized carbons (Fsp3) is 0.556. The molecule has 4 bridgehead atoms. The summed E-state index contributed by atoms with van der Waals surface area (Å²) in [4.78, 5) is 0. The molecule has 0 spiro atoms. The maximum Gasteiger partial charge on any atom is 0.167 e. The summed E-state index contributed by atoms with van der Waals surface area (Å²) in [6.45, 7) is 6.16. The van der Waals surface area contributed by atoms with Crippen molar-refractivity contribution in [2.45, 2.75) is 71.1 Å². The number of hydrogen-bond acceptors (Lipinski definition) is 3. The van der Waals surface area contributed by atoms with Crippen molar-refractivity contribution in [3.63, 3.8) is 0 Å². The molecule has 4 fully saturated rings. The number of ether oxygens (including phenoxy) is 2. The number of rotatable bonds is 7. The smallest absolute Gasteiger partial charge is 0.167 e. The van der Waals surface area contributed by atoms with Gasteiger partial charge < -0.3 is 14.8 Å². The zero-order valence-electron chi connectivity index (χ0n) is 19.6. The molecular weight excluding hydrogens is 521 g/mol. The van der Waals surface area contributed by atoms with Gasteiger partial charge in [-0.05, 0) is 85.1 Å². The third-order valence-electron chi connectivity index (χ3n) is 8.02. The second-order valence-electron chi connectivity index (χ2n) is 11.4. The minimum Gasteiger partial charge on any atom is -0.493 e. The van der Waals surface area contributed by atoms with E-state index in [1.807, 2.05) is 24.3 Å². The molecular formula is C27H32BrCl2NO2. The molecule has 4 aliphatic rings. The Kier molecular flexibility index (Phi) is 6.21. The monoisotopic (exact) mass is 551 g/mol. The van der Waals surface area contributed by atoms with E-state index in [0.29, 0.717) is 27.5 Å². The summed E-state index contributed by atoms with van der Waals surface area (Å²) in [5.74, 6) is 2.36. The van der Waals surface area contributed by atoms with Crippen LogP contribution >= 0.6 is 39.1 Å². The fourth-order valence-corrected chi connectivity index (χ4v) is 8.54. The quantitative estimate of drug-likeness (QED) is 0.375. The van der Waals surface area contributed by atoms with Crippen LogP contribution in [-0.2, 0) is 13.2 Å². The second kappa shape index (κ2) is 8.62. The molecule has 2 atom stereocenters. The molecule has 33 heavy (non-hydrogen) atoms. The van der Waals surface area contributed by atoms with E-state index >= 15 is 0 Å². The van der Waals surface area contributed by atoms with Crippen LogP contribution in [0.2, 0.25) is 10.0 Å². The SMILES string of the molecule is COc1ccc(Br)c(CNC23CC4CC(C)(CC(C)(C4)C2)C3)c1OCc1ccc(Cl)c(Cl)c1. The molecule has 0 aliphatic heterocycles. The van der Waals surface area contributed by atoms with Crippen LogP contribution < -0.4 is 14.8 Å². The summed E-state index contributed by atoms with van der Waals surface area (Å²) in [5, 5.41) is 5.11. The summed E-state index contributed by atoms with van der Waals surface area (Å²) >= 11 is 16.1. The molecule has 4 saturated carbocycles. The predicted molar refractivity (Wildman–Crippen MR) is 138 cm³/mol. The molecule has 6 heteroatoms. The molecule has 2 aromatic carbocycles. The van der Waals surface area contributed by atoms with Gasteiger partial charge in [-0.15, -0.1) is 0 Å². The molecule has 6 rings (SSSR count). The second-order valence-corrected chi connectivity index (χ2v) is 13.0. The van der Waals surface area contributed by atoms with Crippen LogP contribution in [0.1, 0.15) is 63.5 Å². The Morgan fingerprint density at radius 2 is 1.73 bits per heavy atom. The Morgan fingerprint density at radius 1 is 1.00 bits per heavy atom. The Bertz CT molecular complexity index is 1060. The molecule has 178 valence electrons. The first-order chi connectivity index (χ1) is 15.6. The van der Waals surface area contributed by atoms with Crippen LogP contribution in [0.25, 0.3) is 0 Å². The van der Waals surface area contributed by atoms with Gasteiger partial charge in [-0.25, -0.2) is 0 Å². The van der Waals surface area contributed by atoms with Crippen molar-refractivity contribution in [3.05, 3.63) is 56.0 Å². The third kappa shape index (κ3) is 4.66. The van der Waals surface area contributed by atoms with Crippen LogP contribution in [0.5, 0.6) is 11.5 Å². The highest BCUT2D eigenvalue weighted by molar-refractivity contribution is 9.10. The number of methoxy groups -OCH3 is 1. The third-order valence-corrected chi connectivity index (χ3v) is 9.50. The summed E-state index contributed by atoms with van der Waals surface area (Å²) in [7, 11) is 1.69. The van der Waals surface area contributed by atoms with Gasteiger partial charge in [0.15, 0.2) is 11.5 Å². The summed E-state index contributed by atoms with van der Waals surface area (Å²) in [5.41, 5.74) is 3.22. The molecule has 0 saturated heterocycles. The van der Waals surface area contributed by atoms with Gasteiger partial charge in [-0.3, -0.25) is 0 Å². The normalized spacial score (nSPS) is 32.2. The van der Waals surface area contributed by atoms with Crippen molar-refractivity contribution in [2.24, 2.45) is 16.7 Å². The lowest BCUT2D eigenvalue weighted by molar-refractivity contribution is -0.118. The molecule has 2 unspecified atom stereocenters. The minimum absolute atomic E-state index is 0.215. The first kappa shape index (κ1) is 23.8. The molecule has 0 radical (unpaired) electrons. The van der Waals surface area contributed by atoms with Crippen molar-refractivity contribution in [1.82, 2.24) is 5.32 Å². The Labute approximate surface area is 215 Å². The van der Waals surface area contributed by atoms with E-state index < -0.39 is 0 Å². The Morgan fingerprint density at radius 3 is 2.36 bits per heavy atom. The summed E-state index contributed by atoms with van der Waals surface area (Å²) < 4.78 is 13.0. The van der Waals surface area contributed by atoms with Gasteiger partial charge in [-0.2, -0.15) is 0 Å². The van der Waals surface area contributed by atoms with Crippen molar-refractivity contribution >= 4 is 39.1 Å². The molecule has 4 aliphatic carbocycles. The van der Waals surface area contributed by atoms with Crippen molar-refractivity contribution in [3.8, 4) is 11.5 Å². The van der Waals surface area contributed by atoms with Gasteiger partial charge in [0.2, 0.25) is 0 Å².